The van der Waals surface area contributed by atoms with Crippen LogP contribution >= 0.6 is 0 Å². The highest BCUT2D eigenvalue weighted by Crippen LogP contribution is 2.42. The summed E-state index contributed by atoms with van der Waals surface area (Å²) in [6, 6.07) is 10.5. The largest absolute Gasteiger partial charge is 0.337 e. The topological polar surface area (TPSA) is 33.2 Å². The van der Waals surface area contributed by atoms with E-state index in [0.717, 1.165) is 37.2 Å². The number of likely N-dealkylation sites (tertiary alicyclic amines) is 1. The average Bonchev–Trinajstić information content (AvgIpc) is 3.48. The van der Waals surface area contributed by atoms with Gasteiger partial charge in [0.2, 0.25) is 0 Å². The third-order valence-corrected chi connectivity index (χ3v) is 5.93. The van der Waals surface area contributed by atoms with Gasteiger partial charge in [-0.25, -0.2) is 9.37 Å². The van der Waals surface area contributed by atoms with Gasteiger partial charge in [-0.3, -0.25) is 4.79 Å². The third-order valence-electron chi connectivity index (χ3n) is 5.93. The minimum absolute atomic E-state index is 0.0354. The predicted molar refractivity (Wildman–Crippen MR) is 104 cm³/mol. The van der Waals surface area contributed by atoms with Gasteiger partial charge in [0.15, 0.2) is 0 Å². The van der Waals surface area contributed by atoms with E-state index in [0.29, 0.717) is 23.4 Å². The Morgan fingerprint density at radius 2 is 1.78 bits per heavy atom. The normalized spacial score (nSPS) is 19.1. The van der Waals surface area contributed by atoms with E-state index in [1.54, 1.807) is 12.1 Å². The number of carbonyl (C=O) groups is 1. The van der Waals surface area contributed by atoms with Crippen molar-refractivity contribution in [2.75, 3.05) is 13.1 Å². The maximum Gasteiger partial charge on any atom is 0.272 e. The highest BCUT2D eigenvalue weighted by atomic mass is 19.1. The van der Waals surface area contributed by atoms with Crippen molar-refractivity contribution < 1.29 is 9.18 Å². The fraction of sp³-hybridized carbons (Fsp3) is 0.478. The fourth-order valence-corrected chi connectivity index (χ4v) is 3.81. The van der Waals surface area contributed by atoms with Gasteiger partial charge in [-0.1, -0.05) is 32.0 Å². The van der Waals surface area contributed by atoms with Crippen molar-refractivity contribution >= 4 is 5.91 Å². The van der Waals surface area contributed by atoms with Crippen molar-refractivity contribution in [3.63, 3.8) is 0 Å². The molecule has 1 saturated heterocycles. The molecule has 0 atom stereocenters. The summed E-state index contributed by atoms with van der Waals surface area (Å²) in [6.07, 6.45) is 5.07. The summed E-state index contributed by atoms with van der Waals surface area (Å²) in [6.45, 7) is 6.12. The van der Waals surface area contributed by atoms with E-state index in [1.807, 2.05) is 11.0 Å². The maximum absolute atomic E-state index is 13.2. The summed E-state index contributed by atoms with van der Waals surface area (Å²) in [5.41, 5.74) is 4.09. The standard InChI is InChI=1S/C23H27FN2O/c1-23(2)11-13-26(14-12-23)22(27)20-10-9-19(17-5-6-17)21(25-20)15-16-3-7-18(24)8-4-16/h3-4,7-10,17H,5-6,11-15H2,1-2H3. The summed E-state index contributed by atoms with van der Waals surface area (Å²) in [5.74, 6) is 0.368. The van der Waals surface area contributed by atoms with Gasteiger partial charge >= 0.3 is 0 Å². The zero-order valence-corrected chi connectivity index (χ0v) is 16.2. The van der Waals surface area contributed by atoms with Gasteiger partial charge in [0.05, 0.1) is 0 Å². The fourth-order valence-electron chi connectivity index (χ4n) is 3.81. The second-order valence-corrected chi connectivity index (χ2v) is 8.77. The predicted octanol–water partition coefficient (Wildman–Crippen LogP) is 4.95. The Morgan fingerprint density at radius 1 is 1.11 bits per heavy atom. The molecule has 1 aromatic carbocycles. The van der Waals surface area contributed by atoms with E-state index in [-0.39, 0.29) is 11.7 Å². The number of amides is 1. The molecule has 2 heterocycles. The van der Waals surface area contributed by atoms with E-state index in [9.17, 15) is 9.18 Å². The van der Waals surface area contributed by atoms with Crippen LogP contribution in [0, 0.1) is 11.2 Å². The van der Waals surface area contributed by atoms with Crippen molar-refractivity contribution in [3.8, 4) is 0 Å². The van der Waals surface area contributed by atoms with Gasteiger partial charge in [-0.2, -0.15) is 0 Å². The average molecular weight is 366 g/mol. The molecule has 1 saturated carbocycles. The Balaban J connectivity index is 1.57. The molecule has 2 aliphatic rings. The van der Waals surface area contributed by atoms with E-state index in [2.05, 4.69) is 19.9 Å². The number of pyridine rings is 1. The Labute approximate surface area is 160 Å². The number of rotatable bonds is 4. The maximum atomic E-state index is 13.2. The van der Waals surface area contributed by atoms with E-state index in [4.69, 9.17) is 4.98 Å². The first-order valence-electron chi connectivity index (χ1n) is 9.95. The second-order valence-electron chi connectivity index (χ2n) is 8.77. The Bertz CT molecular complexity index is 830. The number of hydrogen-bond acceptors (Lipinski definition) is 2. The molecular weight excluding hydrogens is 339 g/mol. The quantitative estimate of drug-likeness (QED) is 0.767. The molecule has 27 heavy (non-hydrogen) atoms. The molecule has 3 nitrogen and oxygen atoms in total. The van der Waals surface area contributed by atoms with Crippen LogP contribution in [0.5, 0.6) is 0 Å². The lowest BCUT2D eigenvalue weighted by Gasteiger charge is -2.36. The monoisotopic (exact) mass is 366 g/mol. The van der Waals surface area contributed by atoms with Crippen LogP contribution in [0.25, 0.3) is 0 Å². The second kappa shape index (κ2) is 7.06. The van der Waals surface area contributed by atoms with Gasteiger partial charge in [0, 0.05) is 25.2 Å². The van der Waals surface area contributed by atoms with Crippen LogP contribution in [0.1, 0.15) is 72.8 Å². The molecule has 2 aromatic rings. The third kappa shape index (κ3) is 4.20. The van der Waals surface area contributed by atoms with Crippen LogP contribution in [-0.2, 0) is 6.42 Å². The first-order valence-corrected chi connectivity index (χ1v) is 9.95. The van der Waals surface area contributed by atoms with Crippen LogP contribution < -0.4 is 0 Å². The Hall–Kier alpha value is -2.23. The molecule has 4 heteroatoms. The summed E-state index contributed by atoms with van der Waals surface area (Å²) < 4.78 is 13.2. The SMILES string of the molecule is CC1(C)CCN(C(=O)c2ccc(C3CC3)c(Cc3ccc(F)cc3)n2)CC1. The lowest BCUT2D eigenvalue weighted by Crippen LogP contribution is -2.41. The molecule has 1 aromatic heterocycles. The highest BCUT2D eigenvalue weighted by Gasteiger charge is 2.30. The molecule has 0 bridgehead atoms. The molecule has 4 rings (SSSR count). The summed E-state index contributed by atoms with van der Waals surface area (Å²) in [7, 11) is 0. The number of benzene rings is 1. The number of hydrogen-bond donors (Lipinski definition) is 0. The summed E-state index contributed by atoms with van der Waals surface area (Å²) in [5, 5.41) is 0. The van der Waals surface area contributed by atoms with E-state index >= 15 is 0 Å². The highest BCUT2D eigenvalue weighted by molar-refractivity contribution is 5.92. The number of piperidine rings is 1. The molecule has 0 unspecified atom stereocenters. The minimum atomic E-state index is -0.230. The van der Waals surface area contributed by atoms with E-state index in [1.165, 1.54) is 30.5 Å². The Kier molecular flexibility index (Phi) is 4.75. The molecular formula is C23H27FN2O. The van der Waals surface area contributed by atoms with Crippen molar-refractivity contribution in [3.05, 3.63) is 64.7 Å². The molecule has 0 radical (unpaired) electrons. The van der Waals surface area contributed by atoms with Crippen LogP contribution in [0.3, 0.4) is 0 Å². The molecule has 2 fully saturated rings. The molecule has 1 aliphatic carbocycles. The molecule has 1 amide bonds. The van der Waals surface area contributed by atoms with Gasteiger partial charge in [-0.05, 0) is 66.3 Å². The number of halogens is 1. The minimum Gasteiger partial charge on any atom is -0.337 e. The van der Waals surface area contributed by atoms with Crippen LogP contribution in [0.4, 0.5) is 4.39 Å². The lowest BCUT2D eigenvalue weighted by atomic mass is 9.82. The van der Waals surface area contributed by atoms with Gasteiger partial charge < -0.3 is 4.90 Å². The molecule has 1 aliphatic heterocycles. The lowest BCUT2D eigenvalue weighted by molar-refractivity contribution is 0.0624. The van der Waals surface area contributed by atoms with Crippen molar-refractivity contribution in [2.45, 2.75) is 51.9 Å². The summed E-state index contributed by atoms with van der Waals surface area (Å²) >= 11 is 0. The number of aromatic nitrogens is 1. The van der Waals surface area contributed by atoms with Gasteiger partial charge in [-0.15, -0.1) is 0 Å². The van der Waals surface area contributed by atoms with Crippen molar-refractivity contribution in [1.82, 2.24) is 9.88 Å². The number of carbonyl (C=O) groups excluding carboxylic acids is 1. The first kappa shape index (κ1) is 18.1. The van der Waals surface area contributed by atoms with Crippen LogP contribution in [0.2, 0.25) is 0 Å². The molecule has 0 N–H and O–H groups in total. The van der Waals surface area contributed by atoms with Gasteiger partial charge in [0.25, 0.3) is 5.91 Å². The van der Waals surface area contributed by atoms with E-state index < -0.39 is 0 Å². The number of nitrogens with zero attached hydrogens (tertiary/aromatic N) is 2. The summed E-state index contributed by atoms with van der Waals surface area (Å²) in [4.78, 5) is 19.7. The zero-order valence-electron chi connectivity index (χ0n) is 16.2. The van der Waals surface area contributed by atoms with Crippen LogP contribution in [0.15, 0.2) is 36.4 Å². The zero-order chi connectivity index (χ0) is 19.0. The van der Waals surface area contributed by atoms with Crippen LogP contribution in [-0.4, -0.2) is 28.9 Å². The Morgan fingerprint density at radius 3 is 2.41 bits per heavy atom. The van der Waals surface area contributed by atoms with Crippen molar-refractivity contribution in [2.24, 2.45) is 5.41 Å². The molecule has 0 spiro atoms. The van der Waals surface area contributed by atoms with Gasteiger partial charge in [0.1, 0.15) is 11.5 Å². The van der Waals surface area contributed by atoms with Crippen molar-refractivity contribution in [1.29, 1.82) is 0 Å². The smallest absolute Gasteiger partial charge is 0.272 e. The first-order chi connectivity index (χ1) is 12.9. The molecule has 142 valence electrons.